The Morgan fingerprint density at radius 2 is 1.20 bits per heavy atom. The van der Waals surface area contributed by atoms with Gasteiger partial charge in [-0.1, -0.05) is 52.0 Å². The third kappa shape index (κ3) is 11.2. The average molecular weight is 903 g/mol. The van der Waals surface area contributed by atoms with E-state index < -0.39 is 36.4 Å². The number of nitrogens with one attached hydrogen (secondary N) is 4. The van der Waals surface area contributed by atoms with Gasteiger partial charge in [0.1, 0.15) is 36.9 Å². The molecule has 0 radical (unpaired) electrons. The van der Waals surface area contributed by atoms with Crippen molar-refractivity contribution >= 4 is 24.0 Å². The number of alkyl carbamates (subject to hydrolysis) is 2. The number of aliphatic hydroxyl groups is 1. The predicted octanol–water partition coefficient (Wildman–Crippen LogP) is 5.24. The zero-order valence-electron chi connectivity index (χ0n) is 38.3. The molecular weight excluding hydrogens is 841 g/mol. The fraction of sp³-hybridized carbons (Fsp3) is 0.522. The number of ether oxygens (including phenoxy) is 6. The van der Waals surface area contributed by atoms with Gasteiger partial charge in [-0.05, 0) is 47.9 Å². The first kappa shape index (κ1) is 48.3. The highest BCUT2D eigenvalue weighted by molar-refractivity contribution is 5.88. The Hall–Kier alpha value is -6.18. The van der Waals surface area contributed by atoms with E-state index >= 15 is 0 Å². The second-order valence-electron chi connectivity index (χ2n) is 16.7. The lowest BCUT2D eigenvalue weighted by atomic mass is 9.98. The number of rotatable bonds is 19. The number of β-amino-alcohol motifs (C(OH)–C–C–N with tert-alkyl or cyclic N) is 1. The number of aliphatic hydroxyl groups excluding tert-OH is 1. The molecule has 0 bridgehead atoms. The molecule has 2 saturated heterocycles. The second kappa shape index (κ2) is 22.1. The van der Waals surface area contributed by atoms with Crippen LogP contribution in [-0.2, 0) is 28.5 Å². The van der Waals surface area contributed by atoms with Gasteiger partial charge in [0, 0.05) is 44.9 Å². The van der Waals surface area contributed by atoms with Crippen molar-refractivity contribution in [2.45, 2.75) is 77.2 Å². The van der Waals surface area contributed by atoms with Crippen LogP contribution in [0.5, 0.6) is 11.5 Å². The van der Waals surface area contributed by atoms with E-state index in [1.807, 2.05) is 64.1 Å². The molecule has 0 saturated carbocycles. The number of carbonyl (C=O) groups is 4. The summed E-state index contributed by atoms with van der Waals surface area (Å²) in [6, 6.07) is 9.24. The molecule has 5 atom stereocenters. The highest BCUT2D eigenvalue weighted by atomic mass is 16.6. The molecule has 19 nitrogen and oxygen atoms in total. The lowest BCUT2D eigenvalue weighted by molar-refractivity contribution is -0.136. The van der Waals surface area contributed by atoms with Crippen molar-refractivity contribution < 1.29 is 52.7 Å². The number of likely N-dealkylation sites (tertiary alicyclic amines) is 2. The van der Waals surface area contributed by atoms with E-state index in [0.29, 0.717) is 66.3 Å². The zero-order chi connectivity index (χ0) is 46.8. The highest BCUT2D eigenvalue weighted by Gasteiger charge is 2.41. The van der Waals surface area contributed by atoms with Crippen LogP contribution in [0.4, 0.5) is 9.59 Å². The van der Waals surface area contributed by atoms with Crippen LogP contribution in [0.25, 0.3) is 33.6 Å². The van der Waals surface area contributed by atoms with Crippen molar-refractivity contribution in [1.82, 2.24) is 40.4 Å². The monoisotopic (exact) mass is 902 g/mol. The summed E-state index contributed by atoms with van der Waals surface area (Å²) < 4.78 is 33.1. The Bertz CT molecular complexity index is 2240. The molecule has 4 heterocycles. The number of imidazole rings is 2. The van der Waals surface area contributed by atoms with Gasteiger partial charge in [0.15, 0.2) is 11.5 Å². The first-order valence-electron chi connectivity index (χ1n) is 21.9. The van der Waals surface area contributed by atoms with E-state index in [0.717, 1.165) is 23.1 Å². The molecule has 2 aromatic heterocycles. The Morgan fingerprint density at radius 1 is 0.692 bits per heavy atom. The number of H-pyrrole nitrogens is 2. The Labute approximate surface area is 378 Å². The molecule has 5 N–H and O–H groups in total. The van der Waals surface area contributed by atoms with Gasteiger partial charge in [-0.15, -0.1) is 0 Å². The smallest absolute Gasteiger partial charge is 0.407 e. The molecule has 19 heteroatoms. The van der Waals surface area contributed by atoms with Crippen LogP contribution < -0.4 is 20.1 Å². The first-order valence-corrected chi connectivity index (χ1v) is 21.9. The minimum Gasteiger partial charge on any atom is -0.487 e. The van der Waals surface area contributed by atoms with E-state index in [-0.39, 0.29) is 55.9 Å². The van der Waals surface area contributed by atoms with Crippen LogP contribution in [0.2, 0.25) is 0 Å². The van der Waals surface area contributed by atoms with Gasteiger partial charge in [-0.25, -0.2) is 19.6 Å². The quantitative estimate of drug-likeness (QED) is 0.0759. The van der Waals surface area contributed by atoms with Crippen molar-refractivity contribution in [3.05, 3.63) is 60.4 Å². The molecule has 2 fully saturated rings. The molecule has 65 heavy (non-hydrogen) atoms. The van der Waals surface area contributed by atoms with Gasteiger partial charge in [0.05, 0.1) is 69.4 Å². The summed E-state index contributed by atoms with van der Waals surface area (Å²) in [5.74, 6) is 1.14. The van der Waals surface area contributed by atoms with E-state index in [1.165, 1.54) is 14.2 Å². The number of carbonyl (C=O) groups excluding carboxylic acids is 4. The molecule has 4 aromatic rings. The topological polar surface area (TPSA) is 232 Å². The van der Waals surface area contributed by atoms with Crippen LogP contribution in [-0.4, -0.2) is 145 Å². The molecular formula is C46H62N8O11. The first-order chi connectivity index (χ1) is 31.3. The maximum Gasteiger partial charge on any atom is 0.407 e. The van der Waals surface area contributed by atoms with Gasteiger partial charge in [-0.2, -0.15) is 0 Å². The van der Waals surface area contributed by atoms with E-state index in [1.54, 1.807) is 36.4 Å². The molecule has 0 spiro atoms. The second-order valence-corrected chi connectivity index (χ2v) is 16.7. The molecule has 352 valence electrons. The number of amides is 4. The lowest BCUT2D eigenvalue weighted by Crippen LogP contribution is -2.51. The summed E-state index contributed by atoms with van der Waals surface area (Å²) in [5.41, 5.74) is 4.48. The number of methoxy groups -OCH3 is 4. The number of hydrogen-bond acceptors (Lipinski definition) is 13. The Kier molecular flexibility index (Phi) is 16.4. The third-order valence-electron chi connectivity index (χ3n) is 11.7. The van der Waals surface area contributed by atoms with E-state index in [9.17, 15) is 24.3 Å². The molecule has 6 rings (SSSR count). The standard InChI is InChI=1S/C46H62N8O11/c1-26(2)37(51-45(58)62-7)43(56)53-17-9-10-35(53)41-48-24-34(50-41)32-16-15-31(39(64-20-18-60-5)40(32)65-21-19-61-6)28-11-13-29(14-12-28)33-23-47-42(49-33)36-22-30(55)25-54(36)44(57)38(27(3)4)52-46(59)63-8/h11-16,23-24,26-27,30,35-38,55H,9-10,17-22,25H2,1-8H3,(H,47,49)(H,48,50)(H,51,58)(H,52,59). The van der Waals surface area contributed by atoms with Gasteiger partial charge in [0.2, 0.25) is 11.8 Å². The summed E-state index contributed by atoms with van der Waals surface area (Å²) in [5, 5.41) is 16.0. The van der Waals surface area contributed by atoms with Crippen LogP contribution in [0, 0.1) is 11.8 Å². The van der Waals surface area contributed by atoms with E-state index in [2.05, 4.69) is 25.6 Å². The highest BCUT2D eigenvalue weighted by Crippen LogP contribution is 2.46. The maximum absolute atomic E-state index is 13.8. The third-order valence-corrected chi connectivity index (χ3v) is 11.7. The van der Waals surface area contributed by atoms with Crippen LogP contribution in [0.1, 0.15) is 70.7 Å². The fourth-order valence-electron chi connectivity index (χ4n) is 8.26. The van der Waals surface area contributed by atoms with Gasteiger partial charge in [-0.3, -0.25) is 9.59 Å². The number of aromatic nitrogens is 4. The van der Waals surface area contributed by atoms with Gasteiger partial charge in [0.25, 0.3) is 0 Å². The number of hydrogen-bond donors (Lipinski definition) is 5. The van der Waals surface area contributed by atoms with Gasteiger partial charge >= 0.3 is 12.2 Å². The van der Waals surface area contributed by atoms with Crippen molar-refractivity contribution in [1.29, 1.82) is 0 Å². The summed E-state index contributed by atoms with van der Waals surface area (Å²) in [6.07, 6.45) is 3.02. The summed E-state index contributed by atoms with van der Waals surface area (Å²) in [7, 11) is 5.71. The zero-order valence-corrected chi connectivity index (χ0v) is 38.3. The molecule has 0 aliphatic carbocycles. The molecule has 2 aliphatic heterocycles. The molecule has 4 amide bonds. The largest absolute Gasteiger partial charge is 0.487 e. The molecule has 2 aliphatic rings. The SMILES string of the molecule is COCCOc1c(-c2ccc(-c3cnc(C4CC(O)CN4C(=O)C(NC(=O)OC)C(C)C)[nH]3)cc2)ccc(-c2cnc(C3CCCN3C(=O)C(NC(=O)OC)C(C)C)[nH]2)c1OCCOC. The summed E-state index contributed by atoms with van der Waals surface area (Å²) in [6.45, 7) is 9.14. The van der Waals surface area contributed by atoms with Crippen LogP contribution in [0.15, 0.2) is 48.8 Å². The Morgan fingerprint density at radius 3 is 1.77 bits per heavy atom. The van der Waals surface area contributed by atoms with Crippen molar-refractivity contribution in [3.63, 3.8) is 0 Å². The normalized spacial score (nSPS) is 18.2. The van der Waals surface area contributed by atoms with Crippen molar-refractivity contribution in [2.24, 2.45) is 11.8 Å². The van der Waals surface area contributed by atoms with Crippen LogP contribution >= 0.6 is 0 Å². The Balaban J connectivity index is 1.29. The van der Waals surface area contributed by atoms with Gasteiger partial charge < -0.3 is 63.9 Å². The fourth-order valence-corrected chi connectivity index (χ4v) is 8.26. The minimum atomic E-state index is -0.848. The average Bonchev–Trinajstić information content (AvgIpc) is 4.14. The maximum atomic E-state index is 13.8. The van der Waals surface area contributed by atoms with Crippen molar-refractivity contribution in [2.75, 3.05) is 68.0 Å². The predicted molar refractivity (Wildman–Crippen MR) is 239 cm³/mol. The summed E-state index contributed by atoms with van der Waals surface area (Å²) >= 11 is 0. The number of nitrogens with zero attached hydrogens (tertiary/aromatic N) is 4. The number of aromatic amines is 2. The lowest BCUT2D eigenvalue weighted by Gasteiger charge is -2.30. The molecule has 5 unspecified atom stereocenters. The van der Waals surface area contributed by atoms with Crippen molar-refractivity contribution in [3.8, 4) is 45.1 Å². The molecule has 2 aromatic carbocycles. The van der Waals surface area contributed by atoms with Crippen LogP contribution in [0.3, 0.4) is 0 Å². The minimum absolute atomic E-state index is 0.100. The summed E-state index contributed by atoms with van der Waals surface area (Å²) in [4.78, 5) is 71.3. The number of benzene rings is 2. The van der Waals surface area contributed by atoms with E-state index in [4.69, 9.17) is 33.4 Å².